The van der Waals surface area contributed by atoms with Crippen molar-refractivity contribution in [2.45, 2.75) is 12.4 Å². The van der Waals surface area contributed by atoms with Gasteiger partial charge in [-0.25, -0.2) is 0 Å². The van der Waals surface area contributed by atoms with Crippen molar-refractivity contribution in [2.24, 2.45) is 0 Å². The molecule has 4 aromatic rings. The van der Waals surface area contributed by atoms with E-state index in [1.54, 1.807) is 24.3 Å². The maximum Gasteiger partial charge on any atom is 0.419 e. The number of hydrogen-bond donors (Lipinski definition) is 3. The number of aromatic hydroxyl groups is 2. The Morgan fingerprint density at radius 2 is 0.889 bits per heavy atom. The van der Waals surface area contributed by atoms with E-state index in [1.165, 1.54) is 24.3 Å². The minimum atomic E-state index is -4.73. The fraction of sp³-hybridized carbons (Fsp3) is 0.0769. The van der Waals surface area contributed by atoms with Gasteiger partial charge < -0.3 is 20.3 Å². The Morgan fingerprint density at radius 3 is 1.28 bits per heavy atom. The Balaban J connectivity index is 1.49. The summed E-state index contributed by atoms with van der Waals surface area (Å²) in [6, 6.07) is 15.8. The van der Waals surface area contributed by atoms with Gasteiger partial charge in [0, 0.05) is 0 Å². The Labute approximate surface area is 200 Å². The summed E-state index contributed by atoms with van der Waals surface area (Å²) in [6.45, 7) is 0. The lowest BCUT2D eigenvalue weighted by Gasteiger charge is -2.23. The van der Waals surface area contributed by atoms with Gasteiger partial charge in [-0.15, -0.1) is 0 Å². The van der Waals surface area contributed by atoms with Crippen molar-refractivity contribution >= 4 is 11.4 Å². The molecule has 0 unspecified atom stereocenters. The first-order chi connectivity index (χ1) is 16.9. The number of hydrogen-bond acceptors (Lipinski definition) is 4. The summed E-state index contributed by atoms with van der Waals surface area (Å²) >= 11 is 0. The van der Waals surface area contributed by atoms with E-state index in [2.05, 4.69) is 5.32 Å². The van der Waals surface area contributed by atoms with Crippen molar-refractivity contribution in [3.8, 4) is 45.3 Å². The molecule has 1 aliphatic rings. The smallest absolute Gasteiger partial charge is 0.419 e. The Kier molecular flexibility index (Phi) is 5.27. The zero-order chi connectivity index (χ0) is 25.8. The molecule has 1 heterocycles. The molecule has 0 atom stereocenters. The zero-order valence-corrected chi connectivity index (χ0v) is 18.0. The first-order valence-electron chi connectivity index (χ1n) is 10.4. The average Bonchev–Trinajstić information content (AvgIpc) is 2.81. The predicted octanol–water partition coefficient (Wildman–Crippen LogP) is 8.32. The van der Waals surface area contributed by atoms with Gasteiger partial charge in [-0.3, -0.25) is 0 Å². The fourth-order valence-electron chi connectivity index (χ4n) is 3.93. The van der Waals surface area contributed by atoms with E-state index in [0.29, 0.717) is 34.0 Å². The van der Waals surface area contributed by atoms with Crippen LogP contribution in [0, 0.1) is 0 Å². The maximum atomic E-state index is 13.2. The zero-order valence-electron chi connectivity index (χ0n) is 18.0. The van der Waals surface area contributed by atoms with Gasteiger partial charge in [0.2, 0.25) is 0 Å². The number of alkyl halides is 6. The summed E-state index contributed by atoms with van der Waals surface area (Å²) < 4.78 is 85.2. The molecule has 0 fully saturated rings. The van der Waals surface area contributed by atoms with Crippen LogP contribution in [0.15, 0.2) is 72.8 Å². The third-order valence-electron chi connectivity index (χ3n) is 5.72. The van der Waals surface area contributed by atoms with Crippen LogP contribution < -0.4 is 10.1 Å². The molecule has 0 saturated heterocycles. The van der Waals surface area contributed by atoms with E-state index >= 15 is 0 Å². The lowest BCUT2D eigenvalue weighted by atomic mass is 10.00. The van der Waals surface area contributed by atoms with Crippen LogP contribution in [0.4, 0.5) is 37.7 Å². The van der Waals surface area contributed by atoms with E-state index in [4.69, 9.17) is 4.74 Å². The lowest BCUT2D eigenvalue weighted by molar-refractivity contribution is -0.139. The average molecular weight is 503 g/mol. The van der Waals surface area contributed by atoms with Crippen molar-refractivity contribution in [2.75, 3.05) is 5.32 Å². The van der Waals surface area contributed by atoms with Crippen molar-refractivity contribution in [1.82, 2.24) is 0 Å². The molecule has 0 aliphatic carbocycles. The molecular formula is C26H15F6NO3. The van der Waals surface area contributed by atoms with Crippen LogP contribution in [0.1, 0.15) is 11.1 Å². The van der Waals surface area contributed by atoms with E-state index < -0.39 is 35.0 Å². The molecule has 184 valence electrons. The highest BCUT2D eigenvalue weighted by Crippen LogP contribution is 2.46. The van der Waals surface area contributed by atoms with Crippen LogP contribution in [0.25, 0.3) is 22.3 Å². The summed E-state index contributed by atoms with van der Waals surface area (Å²) in [5.74, 6) is -1.18. The van der Waals surface area contributed by atoms with Crippen molar-refractivity contribution < 1.29 is 41.3 Å². The molecule has 0 amide bonds. The summed E-state index contributed by atoms with van der Waals surface area (Å²) in [5, 5.41) is 22.3. The molecular weight excluding hydrogens is 488 g/mol. The van der Waals surface area contributed by atoms with Gasteiger partial charge in [-0.2, -0.15) is 26.3 Å². The van der Waals surface area contributed by atoms with Crippen molar-refractivity contribution in [3.05, 3.63) is 83.9 Å². The summed E-state index contributed by atoms with van der Waals surface area (Å²) in [4.78, 5) is 0. The molecule has 3 N–H and O–H groups in total. The normalized spacial score (nSPS) is 12.8. The molecule has 1 aliphatic heterocycles. The Bertz CT molecular complexity index is 1380. The number of rotatable bonds is 2. The summed E-state index contributed by atoms with van der Waals surface area (Å²) in [7, 11) is 0. The van der Waals surface area contributed by atoms with Gasteiger partial charge in [-0.05, 0) is 70.8 Å². The molecule has 0 saturated carbocycles. The van der Waals surface area contributed by atoms with Gasteiger partial charge in [0.1, 0.15) is 11.5 Å². The number of halogens is 6. The molecule has 0 radical (unpaired) electrons. The highest BCUT2D eigenvalue weighted by molar-refractivity contribution is 5.82. The minimum Gasteiger partial charge on any atom is -0.507 e. The second kappa shape index (κ2) is 8.11. The monoisotopic (exact) mass is 503 g/mol. The number of benzene rings is 4. The fourth-order valence-corrected chi connectivity index (χ4v) is 3.93. The van der Waals surface area contributed by atoms with Gasteiger partial charge in [0.25, 0.3) is 0 Å². The largest absolute Gasteiger partial charge is 0.507 e. The maximum absolute atomic E-state index is 13.2. The molecule has 0 bridgehead atoms. The summed E-state index contributed by atoms with van der Waals surface area (Å²) in [5.41, 5.74) is -0.0545. The molecule has 0 spiro atoms. The van der Waals surface area contributed by atoms with Crippen molar-refractivity contribution in [1.29, 1.82) is 0 Å². The van der Waals surface area contributed by atoms with Crippen LogP contribution in [0.5, 0.6) is 23.0 Å². The van der Waals surface area contributed by atoms with Gasteiger partial charge in [0.15, 0.2) is 11.5 Å². The number of anilines is 2. The van der Waals surface area contributed by atoms with E-state index in [0.717, 1.165) is 24.3 Å². The number of ether oxygens (including phenoxy) is 1. The second-order valence-corrected chi connectivity index (χ2v) is 8.11. The predicted molar refractivity (Wildman–Crippen MR) is 120 cm³/mol. The Morgan fingerprint density at radius 1 is 0.528 bits per heavy atom. The van der Waals surface area contributed by atoms with Crippen LogP contribution in [-0.2, 0) is 12.4 Å². The van der Waals surface area contributed by atoms with E-state index in [1.807, 2.05) is 0 Å². The van der Waals surface area contributed by atoms with Gasteiger partial charge >= 0.3 is 12.4 Å². The molecule has 4 nitrogen and oxygen atoms in total. The number of fused-ring (bicyclic) bond motifs is 2. The lowest BCUT2D eigenvalue weighted by Crippen LogP contribution is -2.06. The highest BCUT2D eigenvalue weighted by Gasteiger charge is 2.35. The van der Waals surface area contributed by atoms with Crippen LogP contribution in [0.2, 0.25) is 0 Å². The topological polar surface area (TPSA) is 61.7 Å². The van der Waals surface area contributed by atoms with Gasteiger partial charge in [0.05, 0.1) is 22.5 Å². The quantitative estimate of drug-likeness (QED) is 0.212. The minimum absolute atomic E-state index is 0.204. The first-order valence-corrected chi connectivity index (χ1v) is 10.4. The summed E-state index contributed by atoms with van der Waals surface area (Å²) in [6.07, 6.45) is -9.47. The molecule has 10 heteroatoms. The number of nitrogens with one attached hydrogen (secondary N) is 1. The molecule has 5 rings (SSSR count). The number of phenols is 2. The number of phenolic OH excluding ortho intramolecular Hbond substituents is 2. The third-order valence-corrected chi connectivity index (χ3v) is 5.72. The first kappa shape index (κ1) is 23.4. The second-order valence-electron chi connectivity index (χ2n) is 8.11. The molecule has 36 heavy (non-hydrogen) atoms. The SMILES string of the molecule is Oc1ccc(-c2ccc3c(c2)Oc2cc(-c4ccc(O)c(C(F)(F)F)c4)ccc2N3)cc1C(F)(F)F. The van der Waals surface area contributed by atoms with Crippen LogP contribution in [0.3, 0.4) is 0 Å². The van der Waals surface area contributed by atoms with E-state index in [-0.39, 0.29) is 11.1 Å². The highest BCUT2D eigenvalue weighted by atomic mass is 19.4. The van der Waals surface area contributed by atoms with Crippen LogP contribution >= 0.6 is 0 Å². The molecule has 4 aromatic carbocycles. The van der Waals surface area contributed by atoms with E-state index in [9.17, 15) is 36.6 Å². The molecule has 0 aromatic heterocycles. The van der Waals surface area contributed by atoms with Crippen molar-refractivity contribution in [3.63, 3.8) is 0 Å². The van der Waals surface area contributed by atoms with Gasteiger partial charge in [-0.1, -0.05) is 24.3 Å². The standard InChI is InChI=1S/C26H15F6NO3/c27-25(28,29)17-9-13(3-7-21(17)34)15-1-5-19-23(11-15)36-24-12-16(2-6-20(24)33-19)14-4-8-22(35)18(10-14)26(30,31)32/h1-12,33-35H. The third kappa shape index (κ3) is 4.26. The van der Waals surface area contributed by atoms with Crippen LogP contribution in [-0.4, -0.2) is 10.2 Å². The Hall–Kier alpha value is -4.34.